The molecule has 0 unspecified atom stereocenters. The minimum absolute atomic E-state index is 0.0864. The zero-order valence-electron chi connectivity index (χ0n) is 13.6. The Morgan fingerprint density at radius 2 is 2.21 bits per heavy atom. The van der Waals surface area contributed by atoms with Crippen LogP contribution in [0.15, 0.2) is 28.4 Å². The third-order valence-electron chi connectivity index (χ3n) is 3.78. The van der Waals surface area contributed by atoms with E-state index in [9.17, 15) is 9.59 Å². The highest BCUT2D eigenvalue weighted by Crippen LogP contribution is 2.28. The number of carbonyl (C=O) groups is 1. The number of anilines is 1. The molecule has 0 aliphatic heterocycles. The van der Waals surface area contributed by atoms with Crippen LogP contribution in [0.5, 0.6) is 5.75 Å². The summed E-state index contributed by atoms with van der Waals surface area (Å²) in [6, 6.07) is 5.06. The van der Waals surface area contributed by atoms with Gasteiger partial charge in [0.1, 0.15) is 5.75 Å². The number of benzene rings is 1. The zero-order chi connectivity index (χ0) is 17.3. The van der Waals surface area contributed by atoms with Crippen LogP contribution < -0.4 is 15.5 Å². The fourth-order valence-corrected chi connectivity index (χ4v) is 3.19. The number of rotatable bonds is 4. The number of hydrogen-bond acceptors (Lipinski definition) is 5. The molecule has 3 aromatic rings. The molecule has 0 aliphatic rings. The van der Waals surface area contributed by atoms with E-state index >= 15 is 0 Å². The number of fused-ring (bicyclic) bond motifs is 1. The quantitative estimate of drug-likeness (QED) is 0.761. The van der Waals surface area contributed by atoms with Gasteiger partial charge >= 0.3 is 0 Å². The minimum Gasteiger partial charge on any atom is -0.496 e. The van der Waals surface area contributed by atoms with Crippen LogP contribution in [0.1, 0.15) is 18.9 Å². The smallest absolute Gasteiger partial charge is 0.225 e. The van der Waals surface area contributed by atoms with Gasteiger partial charge in [-0.15, -0.1) is 11.3 Å². The Balaban J connectivity index is 2.09. The third kappa shape index (κ3) is 2.90. The summed E-state index contributed by atoms with van der Waals surface area (Å²) in [6.07, 6.45) is 0.390. The van der Waals surface area contributed by atoms with Gasteiger partial charge in [-0.05, 0) is 19.1 Å². The Morgan fingerprint density at radius 3 is 2.92 bits per heavy atom. The maximum absolute atomic E-state index is 12.4. The van der Waals surface area contributed by atoms with E-state index in [0.29, 0.717) is 34.1 Å². The topological polar surface area (TPSA) is 84.1 Å². The summed E-state index contributed by atoms with van der Waals surface area (Å²) < 4.78 is 5.32. The predicted octanol–water partition coefficient (Wildman–Crippen LogP) is 3.32. The van der Waals surface area contributed by atoms with E-state index < -0.39 is 0 Å². The van der Waals surface area contributed by atoms with Crippen molar-refractivity contribution in [1.82, 2.24) is 9.97 Å². The lowest BCUT2D eigenvalue weighted by atomic mass is 10.1. The van der Waals surface area contributed by atoms with Gasteiger partial charge in [0.25, 0.3) is 0 Å². The first kappa shape index (κ1) is 16.2. The molecule has 6 nitrogen and oxygen atoms in total. The molecule has 0 aliphatic carbocycles. The first-order chi connectivity index (χ1) is 11.5. The molecule has 0 fully saturated rings. The lowest BCUT2D eigenvalue weighted by Crippen LogP contribution is -2.09. The number of amides is 1. The van der Waals surface area contributed by atoms with Crippen LogP contribution in [0.3, 0.4) is 0 Å². The van der Waals surface area contributed by atoms with Gasteiger partial charge in [0, 0.05) is 28.8 Å². The second-order valence-corrected chi connectivity index (χ2v) is 6.16. The van der Waals surface area contributed by atoms with Crippen molar-refractivity contribution in [2.75, 3.05) is 12.4 Å². The standard InChI is InChI=1S/C17H17N3O3S/c1-4-15(22)20-17-19-12(8-24-17)11-7-13(21)10-5-6-14(23-3)9(2)16(10)18-11/h5-8H,4H2,1-3H3,(H,18,21)(H,19,20,22). The van der Waals surface area contributed by atoms with Gasteiger partial charge in [-0.3, -0.25) is 9.59 Å². The molecule has 1 amide bonds. The molecular formula is C17H17N3O3S. The molecule has 0 spiro atoms. The van der Waals surface area contributed by atoms with Crippen molar-refractivity contribution < 1.29 is 9.53 Å². The fraction of sp³-hybridized carbons (Fsp3) is 0.235. The molecule has 0 radical (unpaired) electrons. The molecule has 0 saturated heterocycles. The number of pyridine rings is 1. The van der Waals surface area contributed by atoms with E-state index in [-0.39, 0.29) is 11.3 Å². The van der Waals surface area contributed by atoms with Crippen molar-refractivity contribution >= 4 is 33.3 Å². The Bertz CT molecular complexity index is 975. The number of aromatic amines is 1. The highest BCUT2D eigenvalue weighted by atomic mass is 32.1. The van der Waals surface area contributed by atoms with Gasteiger partial charge in [0.05, 0.1) is 24.0 Å². The molecule has 124 valence electrons. The Morgan fingerprint density at radius 1 is 1.42 bits per heavy atom. The highest BCUT2D eigenvalue weighted by Gasteiger charge is 2.12. The average molecular weight is 343 g/mol. The van der Waals surface area contributed by atoms with Crippen molar-refractivity contribution in [3.05, 3.63) is 39.4 Å². The van der Waals surface area contributed by atoms with E-state index in [0.717, 1.165) is 11.1 Å². The van der Waals surface area contributed by atoms with Crippen LogP contribution in [0.25, 0.3) is 22.3 Å². The summed E-state index contributed by atoms with van der Waals surface area (Å²) in [5.41, 5.74) is 2.73. The number of methoxy groups -OCH3 is 1. The van der Waals surface area contributed by atoms with E-state index in [1.807, 2.05) is 6.92 Å². The third-order valence-corrected chi connectivity index (χ3v) is 4.54. The van der Waals surface area contributed by atoms with Gasteiger partial charge in [0.2, 0.25) is 5.91 Å². The number of ether oxygens (including phenoxy) is 1. The summed E-state index contributed by atoms with van der Waals surface area (Å²) in [5.74, 6) is 0.618. The van der Waals surface area contributed by atoms with Crippen LogP contribution >= 0.6 is 11.3 Å². The second kappa shape index (κ2) is 6.45. The van der Waals surface area contributed by atoms with Crippen molar-refractivity contribution in [3.8, 4) is 17.1 Å². The first-order valence-corrected chi connectivity index (χ1v) is 8.37. The molecule has 0 bridgehead atoms. The van der Waals surface area contributed by atoms with Gasteiger partial charge in [-0.2, -0.15) is 0 Å². The van der Waals surface area contributed by atoms with Crippen LogP contribution in [0.2, 0.25) is 0 Å². The lowest BCUT2D eigenvalue weighted by molar-refractivity contribution is -0.115. The van der Waals surface area contributed by atoms with E-state index in [1.54, 1.807) is 31.5 Å². The van der Waals surface area contributed by atoms with Crippen LogP contribution in [-0.2, 0) is 4.79 Å². The molecular weight excluding hydrogens is 326 g/mol. The number of thiazole rings is 1. The normalized spacial score (nSPS) is 10.8. The molecule has 2 heterocycles. The maximum Gasteiger partial charge on any atom is 0.225 e. The van der Waals surface area contributed by atoms with Crippen LogP contribution in [0.4, 0.5) is 5.13 Å². The molecule has 24 heavy (non-hydrogen) atoms. The molecule has 2 N–H and O–H groups in total. The van der Waals surface area contributed by atoms with Crippen LogP contribution in [0, 0.1) is 6.92 Å². The van der Waals surface area contributed by atoms with Gasteiger partial charge in [-0.25, -0.2) is 4.98 Å². The van der Waals surface area contributed by atoms with Crippen molar-refractivity contribution in [2.24, 2.45) is 0 Å². The minimum atomic E-state index is -0.0940. The zero-order valence-corrected chi connectivity index (χ0v) is 14.4. The fourth-order valence-electron chi connectivity index (χ4n) is 2.46. The molecule has 2 aromatic heterocycles. The van der Waals surface area contributed by atoms with Gasteiger partial charge < -0.3 is 15.0 Å². The number of H-pyrrole nitrogens is 1. The molecule has 7 heteroatoms. The molecule has 1 aromatic carbocycles. The monoisotopic (exact) mass is 343 g/mol. The van der Waals surface area contributed by atoms with Gasteiger partial charge in [-0.1, -0.05) is 6.92 Å². The summed E-state index contributed by atoms with van der Waals surface area (Å²) in [6.45, 7) is 3.68. The van der Waals surface area contributed by atoms with Crippen LogP contribution in [-0.4, -0.2) is 23.0 Å². The number of nitrogens with zero attached hydrogens (tertiary/aromatic N) is 1. The largest absolute Gasteiger partial charge is 0.496 e. The summed E-state index contributed by atoms with van der Waals surface area (Å²) in [7, 11) is 1.60. The van der Waals surface area contributed by atoms with Crippen molar-refractivity contribution in [3.63, 3.8) is 0 Å². The van der Waals surface area contributed by atoms with Crippen molar-refractivity contribution in [1.29, 1.82) is 0 Å². The van der Waals surface area contributed by atoms with Crippen molar-refractivity contribution in [2.45, 2.75) is 20.3 Å². The highest BCUT2D eigenvalue weighted by molar-refractivity contribution is 7.14. The summed E-state index contributed by atoms with van der Waals surface area (Å²) in [5, 5.41) is 5.64. The Hall–Kier alpha value is -2.67. The Labute approximate surface area is 142 Å². The molecule has 0 atom stereocenters. The second-order valence-electron chi connectivity index (χ2n) is 5.30. The predicted molar refractivity (Wildman–Crippen MR) is 95.9 cm³/mol. The molecule has 0 saturated carbocycles. The lowest BCUT2D eigenvalue weighted by Gasteiger charge is -2.09. The Kier molecular flexibility index (Phi) is 4.35. The van der Waals surface area contributed by atoms with E-state index in [4.69, 9.17) is 4.74 Å². The SMILES string of the molecule is CCC(=O)Nc1nc(-c2cc(=O)c3ccc(OC)c(C)c3[nH]2)cs1. The number of aryl methyl sites for hydroxylation is 1. The molecule has 3 rings (SSSR count). The number of aromatic nitrogens is 2. The van der Waals surface area contributed by atoms with Gasteiger partial charge in [0.15, 0.2) is 10.6 Å². The number of carbonyl (C=O) groups excluding carboxylic acids is 1. The number of nitrogens with one attached hydrogen (secondary N) is 2. The van der Waals surface area contributed by atoms with E-state index in [2.05, 4.69) is 15.3 Å². The number of hydrogen-bond donors (Lipinski definition) is 2. The average Bonchev–Trinajstić information content (AvgIpc) is 3.04. The summed E-state index contributed by atoms with van der Waals surface area (Å²) in [4.78, 5) is 31.5. The van der Waals surface area contributed by atoms with E-state index in [1.165, 1.54) is 17.4 Å². The first-order valence-electron chi connectivity index (χ1n) is 7.50. The maximum atomic E-state index is 12.4. The summed E-state index contributed by atoms with van der Waals surface area (Å²) >= 11 is 1.32.